The van der Waals surface area contributed by atoms with Gasteiger partial charge in [0.05, 0.1) is 16.9 Å². The van der Waals surface area contributed by atoms with E-state index < -0.39 is 10.0 Å². The molecule has 0 saturated carbocycles. The molecule has 0 atom stereocenters. The summed E-state index contributed by atoms with van der Waals surface area (Å²) >= 11 is 6.79. The van der Waals surface area contributed by atoms with E-state index in [2.05, 4.69) is 9.71 Å². The summed E-state index contributed by atoms with van der Waals surface area (Å²) in [6.45, 7) is 1.71. The Hall–Kier alpha value is -1.31. The molecule has 0 amide bonds. The van der Waals surface area contributed by atoms with Crippen LogP contribution in [0.4, 0.5) is 5.69 Å². The second kappa shape index (κ2) is 4.75. The molecule has 0 bridgehead atoms. The lowest BCUT2D eigenvalue weighted by atomic mass is 10.3. The minimum absolute atomic E-state index is 0.0357. The maximum absolute atomic E-state index is 12.0. The molecule has 5 nitrogen and oxygen atoms in total. The molecule has 1 aromatic carbocycles. The van der Waals surface area contributed by atoms with Crippen LogP contribution in [0.25, 0.3) is 0 Å². The maximum atomic E-state index is 12.0. The summed E-state index contributed by atoms with van der Waals surface area (Å²) in [7, 11) is -3.74. The second-order valence-electron chi connectivity index (χ2n) is 3.47. The SMILES string of the molecule is Cc1ncc(S(=O)(=O)Nc2cc(Cl)ccc2O)s1. The lowest BCUT2D eigenvalue weighted by Gasteiger charge is -2.07. The van der Waals surface area contributed by atoms with Gasteiger partial charge in [0, 0.05) is 5.02 Å². The third-order valence-electron chi connectivity index (χ3n) is 2.07. The highest BCUT2D eigenvalue weighted by Crippen LogP contribution is 2.29. The fourth-order valence-electron chi connectivity index (χ4n) is 1.25. The van der Waals surface area contributed by atoms with E-state index in [9.17, 15) is 13.5 Å². The van der Waals surface area contributed by atoms with Gasteiger partial charge in [0.15, 0.2) is 4.21 Å². The van der Waals surface area contributed by atoms with E-state index in [1.54, 1.807) is 6.92 Å². The Labute approximate surface area is 113 Å². The first kappa shape index (κ1) is 13.1. The molecule has 0 saturated heterocycles. The summed E-state index contributed by atoms with van der Waals surface area (Å²) in [5, 5.41) is 10.5. The molecule has 0 aliphatic heterocycles. The molecule has 2 aromatic rings. The first-order valence-corrected chi connectivity index (χ1v) is 7.50. The number of phenolic OH excluding ortho intramolecular Hbond substituents is 1. The van der Waals surface area contributed by atoms with E-state index in [0.29, 0.717) is 10.0 Å². The van der Waals surface area contributed by atoms with Crippen LogP contribution in [0.2, 0.25) is 5.02 Å². The molecular formula is C10H9ClN2O3S2. The Morgan fingerprint density at radius 1 is 1.44 bits per heavy atom. The van der Waals surface area contributed by atoms with Crippen molar-refractivity contribution in [1.82, 2.24) is 4.98 Å². The van der Waals surface area contributed by atoms with Crippen molar-refractivity contribution in [2.24, 2.45) is 0 Å². The number of anilines is 1. The smallest absolute Gasteiger partial charge is 0.273 e. The highest BCUT2D eigenvalue weighted by atomic mass is 35.5. The van der Waals surface area contributed by atoms with Crippen molar-refractivity contribution < 1.29 is 13.5 Å². The molecule has 2 N–H and O–H groups in total. The molecule has 0 spiro atoms. The van der Waals surface area contributed by atoms with Crippen molar-refractivity contribution in [3.8, 4) is 5.75 Å². The van der Waals surface area contributed by atoms with Crippen molar-refractivity contribution >= 4 is 38.6 Å². The van der Waals surface area contributed by atoms with E-state index >= 15 is 0 Å². The van der Waals surface area contributed by atoms with Crippen LogP contribution in [0.15, 0.2) is 28.6 Å². The number of phenols is 1. The normalized spacial score (nSPS) is 11.4. The molecule has 1 aromatic heterocycles. The largest absolute Gasteiger partial charge is 0.506 e. The summed E-state index contributed by atoms with van der Waals surface area (Å²) < 4.78 is 26.3. The van der Waals surface area contributed by atoms with E-state index in [1.165, 1.54) is 24.4 Å². The number of hydrogen-bond acceptors (Lipinski definition) is 5. The fourth-order valence-corrected chi connectivity index (χ4v) is 3.60. The molecule has 0 aliphatic rings. The third-order valence-corrected chi connectivity index (χ3v) is 5.04. The topological polar surface area (TPSA) is 79.3 Å². The molecule has 96 valence electrons. The second-order valence-corrected chi connectivity index (χ2v) is 7.05. The number of aromatic nitrogens is 1. The number of sulfonamides is 1. The number of benzene rings is 1. The Morgan fingerprint density at radius 3 is 2.78 bits per heavy atom. The van der Waals surface area contributed by atoms with Crippen LogP contribution in [0.5, 0.6) is 5.75 Å². The van der Waals surface area contributed by atoms with Gasteiger partial charge in [0.25, 0.3) is 10.0 Å². The summed E-state index contributed by atoms with van der Waals surface area (Å²) in [5.74, 6) is -0.191. The van der Waals surface area contributed by atoms with Crippen LogP contribution in [-0.2, 0) is 10.0 Å². The number of hydrogen-bond donors (Lipinski definition) is 2. The van der Waals surface area contributed by atoms with Gasteiger partial charge < -0.3 is 5.11 Å². The number of rotatable bonds is 3. The molecule has 8 heteroatoms. The quantitative estimate of drug-likeness (QED) is 0.854. The van der Waals surface area contributed by atoms with Crippen LogP contribution in [0, 0.1) is 6.92 Å². The first-order chi connectivity index (χ1) is 8.38. The maximum Gasteiger partial charge on any atom is 0.273 e. The van der Waals surface area contributed by atoms with Gasteiger partial charge in [-0.05, 0) is 25.1 Å². The van der Waals surface area contributed by atoms with E-state index in [4.69, 9.17) is 11.6 Å². The number of aromatic hydroxyl groups is 1. The van der Waals surface area contributed by atoms with E-state index in [-0.39, 0.29) is 15.6 Å². The van der Waals surface area contributed by atoms with Gasteiger partial charge in [-0.25, -0.2) is 13.4 Å². The van der Waals surface area contributed by atoms with Gasteiger partial charge in [-0.3, -0.25) is 4.72 Å². The first-order valence-electron chi connectivity index (χ1n) is 4.82. The number of nitrogens with one attached hydrogen (secondary N) is 1. The number of thiazole rings is 1. The predicted octanol–water partition coefficient (Wildman–Crippen LogP) is 2.61. The number of halogens is 1. The molecule has 0 fully saturated rings. The summed E-state index contributed by atoms with van der Waals surface area (Å²) in [6.07, 6.45) is 1.27. The summed E-state index contributed by atoms with van der Waals surface area (Å²) in [4.78, 5) is 3.88. The molecule has 18 heavy (non-hydrogen) atoms. The average molecular weight is 305 g/mol. The lowest BCUT2D eigenvalue weighted by molar-refractivity contribution is 0.477. The van der Waals surface area contributed by atoms with E-state index in [1.807, 2.05) is 0 Å². The molecule has 0 aliphatic carbocycles. The van der Waals surface area contributed by atoms with Crippen molar-refractivity contribution in [2.45, 2.75) is 11.1 Å². The Bertz CT molecular complexity index is 682. The van der Waals surface area contributed by atoms with Crippen molar-refractivity contribution in [3.05, 3.63) is 34.4 Å². The zero-order chi connectivity index (χ0) is 13.3. The van der Waals surface area contributed by atoms with E-state index in [0.717, 1.165) is 11.3 Å². The zero-order valence-corrected chi connectivity index (χ0v) is 11.6. The lowest BCUT2D eigenvalue weighted by Crippen LogP contribution is -2.11. The summed E-state index contributed by atoms with van der Waals surface area (Å²) in [6, 6.07) is 4.12. The fraction of sp³-hybridized carbons (Fsp3) is 0.100. The van der Waals surface area contributed by atoms with Crippen LogP contribution < -0.4 is 4.72 Å². The average Bonchev–Trinajstić information content (AvgIpc) is 2.71. The Balaban J connectivity index is 2.36. The van der Waals surface area contributed by atoms with Crippen molar-refractivity contribution in [2.75, 3.05) is 4.72 Å². The van der Waals surface area contributed by atoms with Crippen LogP contribution in [0.1, 0.15) is 5.01 Å². The van der Waals surface area contributed by atoms with Crippen molar-refractivity contribution in [3.63, 3.8) is 0 Å². The molecule has 2 rings (SSSR count). The minimum Gasteiger partial charge on any atom is -0.506 e. The zero-order valence-electron chi connectivity index (χ0n) is 9.21. The van der Waals surface area contributed by atoms with Crippen LogP contribution >= 0.6 is 22.9 Å². The molecule has 0 radical (unpaired) electrons. The van der Waals surface area contributed by atoms with Gasteiger partial charge >= 0.3 is 0 Å². The Kier molecular flexibility index (Phi) is 3.47. The monoisotopic (exact) mass is 304 g/mol. The number of aryl methyl sites for hydroxylation is 1. The minimum atomic E-state index is -3.74. The van der Waals surface area contributed by atoms with Gasteiger partial charge in [-0.15, -0.1) is 11.3 Å². The standard InChI is InChI=1S/C10H9ClN2O3S2/c1-6-12-5-10(17-6)18(15,16)13-8-4-7(11)2-3-9(8)14/h2-5,13-14H,1H3. The van der Waals surface area contributed by atoms with Crippen molar-refractivity contribution in [1.29, 1.82) is 0 Å². The predicted molar refractivity (Wildman–Crippen MR) is 70.8 cm³/mol. The van der Waals surface area contributed by atoms with Crippen LogP contribution in [-0.4, -0.2) is 18.5 Å². The Morgan fingerprint density at radius 2 is 2.17 bits per heavy atom. The number of nitrogens with zero attached hydrogens (tertiary/aromatic N) is 1. The molecule has 1 heterocycles. The molecule has 0 unspecified atom stereocenters. The highest BCUT2D eigenvalue weighted by molar-refractivity contribution is 7.94. The highest BCUT2D eigenvalue weighted by Gasteiger charge is 2.18. The third kappa shape index (κ3) is 2.74. The van der Waals surface area contributed by atoms with Gasteiger partial charge in [-0.2, -0.15) is 0 Å². The molecular weight excluding hydrogens is 296 g/mol. The van der Waals surface area contributed by atoms with Gasteiger partial charge in [0.1, 0.15) is 5.75 Å². The summed E-state index contributed by atoms with van der Waals surface area (Å²) in [5.41, 5.74) is 0.0357. The van der Waals surface area contributed by atoms with Gasteiger partial charge in [-0.1, -0.05) is 11.6 Å². The van der Waals surface area contributed by atoms with Gasteiger partial charge in [0.2, 0.25) is 0 Å². The van der Waals surface area contributed by atoms with Crippen LogP contribution in [0.3, 0.4) is 0 Å².